The highest BCUT2D eigenvalue weighted by molar-refractivity contribution is 6.05. The molecule has 0 bridgehead atoms. The summed E-state index contributed by atoms with van der Waals surface area (Å²) < 4.78 is 15.5. The molecule has 0 saturated carbocycles. The van der Waals surface area contributed by atoms with Gasteiger partial charge >= 0.3 is 12.1 Å². The van der Waals surface area contributed by atoms with Gasteiger partial charge in [0.15, 0.2) is 23.8 Å². The minimum absolute atomic E-state index is 0.0741. The second kappa shape index (κ2) is 17.3. The molecule has 0 radical (unpaired) electrons. The molecule has 1 aliphatic heterocycles. The highest BCUT2D eigenvalue weighted by Gasteiger charge is 2.46. The van der Waals surface area contributed by atoms with Crippen LogP contribution in [0.1, 0.15) is 76.3 Å². The van der Waals surface area contributed by atoms with E-state index in [2.05, 4.69) is 0 Å². The number of benzene rings is 1. The van der Waals surface area contributed by atoms with Crippen LogP contribution in [0.25, 0.3) is 0 Å². The Labute approximate surface area is 229 Å². The lowest BCUT2D eigenvalue weighted by atomic mass is 10.0. The monoisotopic (exact) mass is 545 g/mol. The molecule has 1 saturated heterocycles. The normalized spacial score (nSPS) is 16.6. The number of amides is 2. The molecule has 10 heteroatoms. The summed E-state index contributed by atoms with van der Waals surface area (Å²) in [4.78, 5) is 63.7. The van der Waals surface area contributed by atoms with Crippen LogP contribution in [0.4, 0.5) is 4.79 Å². The zero-order valence-corrected chi connectivity index (χ0v) is 22.7. The van der Waals surface area contributed by atoms with E-state index in [4.69, 9.17) is 19.3 Å². The highest BCUT2D eigenvalue weighted by atomic mass is 16.6. The van der Waals surface area contributed by atoms with Crippen LogP contribution in [0, 0.1) is 0 Å². The van der Waals surface area contributed by atoms with Crippen molar-refractivity contribution in [2.24, 2.45) is 0 Å². The largest absolute Gasteiger partial charge is 0.451 e. The Balaban J connectivity index is 1.98. The third-order valence-corrected chi connectivity index (χ3v) is 6.41. The van der Waals surface area contributed by atoms with Crippen molar-refractivity contribution in [3.63, 3.8) is 0 Å². The molecule has 0 aliphatic carbocycles. The van der Waals surface area contributed by atoms with Gasteiger partial charge in [-0.05, 0) is 30.6 Å². The number of esters is 1. The molecule has 1 heterocycles. The maximum atomic E-state index is 13.4. The average molecular weight is 546 g/mol. The minimum atomic E-state index is -1.69. The lowest BCUT2D eigenvalue weighted by molar-refractivity contribution is -0.166. The fourth-order valence-corrected chi connectivity index (χ4v) is 4.35. The van der Waals surface area contributed by atoms with Crippen LogP contribution < -0.4 is 0 Å². The molecule has 2 amide bonds. The van der Waals surface area contributed by atoms with Crippen LogP contribution in [-0.2, 0) is 33.4 Å². The SMILES string of the molecule is CO[C@@H](C(=O)N1C(=O)OC[C@H]1c1ccccc1)[C@@H](OC(C)=O)C(=O)C=CC(=O)CCCCCCCCCCO. The maximum Gasteiger partial charge on any atom is 0.417 e. The number of hydrogen-bond acceptors (Lipinski definition) is 9. The Kier molecular flexibility index (Phi) is 14.1. The molecule has 1 aromatic rings. The Morgan fingerprint density at radius 1 is 0.974 bits per heavy atom. The zero-order chi connectivity index (χ0) is 28.6. The molecular formula is C29H39NO9. The molecule has 10 nitrogen and oxygen atoms in total. The fraction of sp³-hybridized carbons (Fsp3) is 0.552. The van der Waals surface area contributed by atoms with Gasteiger partial charge in [-0.3, -0.25) is 19.2 Å². The molecule has 0 spiro atoms. The van der Waals surface area contributed by atoms with E-state index in [1.165, 1.54) is 0 Å². The van der Waals surface area contributed by atoms with E-state index in [0.29, 0.717) is 12.0 Å². The number of ether oxygens (including phenoxy) is 3. The molecule has 39 heavy (non-hydrogen) atoms. The maximum absolute atomic E-state index is 13.4. The summed E-state index contributed by atoms with van der Waals surface area (Å²) in [7, 11) is 1.16. The van der Waals surface area contributed by atoms with E-state index in [9.17, 15) is 24.0 Å². The number of methoxy groups -OCH3 is 1. The lowest BCUT2D eigenvalue weighted by Crippen LogP contribution is -2.51. The van der Waals surface area contributed by atoms with Crippen LogP contribution >= 0.6 is 0 Å². The molecule has 1 N–H and O–H groups in total. The standard InChI is InChI=1S/C29H39NO9/c1-21(32)39-26(25(34)18-17-23(33)16-12-7-5-3-4-6-8-13-19-31)27(37-2)28(35)30-24(20-38-29(30)36)22-14-10-9-11-15-22/h9-11,14-15,17-18,24,26-27,31H,3-8,12-13,16,19-20H2,1-2H3/t24-,26-,27+/m0/s1. The van der Waals surface area contributed by atoms with Crippen LogP contribution in [0.15, 0.2) is 42.5 Å². The minimum Gasteiger partial charge on any atom is -0.451 e. The first-order chi connectivity index (χ1) is 18.8. The van der Waals surface area contributed by atoms with Crippen molar-refractivity contribution in [1.29, 1.82) is 0 Å². The average Bonchev–Trinajstić information content (AvgIpc) is 3.32. The van der Waals surface area contributed by atoms with Gasteiger partial charge in [0.25, 0.3) is 5.91 Å². The second-order valence-electron chi connectivity index (χ2n) is 9.40. The van der Waals surface area contributed by atoms with Gasteiger partial charge in [0, 0.05) is 27.1 Å². The van der Waals surface area contributed by atoms with Gasteiger partial charge in [0.05, 0.1) is 0 Å². The van der Waals surface area contributed by atoms with Gasteiger partial charge in [-0.15, -0.1) is 0 Å². The van der Waals surface area contributed by atoms with Crippen LogP contribution in [0.5, 0.6) is 0 Å². The number of imide groups is 1. The fourth-order valence-electron chi connectivity index (χ4n) is 4.35. The molecule has 0 unspecified atom stereocenters. The molecule has 2 rings (SSSR count). The number of aliphatic hydroxyl groups is 1. The van der Waals surface area contributed by atoms with Crippen molar-refractivity contribution in [3.8, 4) is 0 Å². The number of unbranched alkanes of at least 4 members (excludes halogenated alkanes) is 7. The predicted molar refractivity (Wildman–Crippen MR) is 142 cm³/mol. The Bertz CT molecular complexity index is 992. The second-order valence-corrected chi connectivity index (χ2v) is 9.40. The topological polar surface area (TPSA) is 137 Å². The third-order valence-electron chi connectivity index (χ3n) is 6.41. The van der Waals surface area contributed by atoms with Crippen molar-refractivity contribution in [2.75, 3.05) is 20.3 Å². The molecular weight excluding hydrogens is 506 g/mol. The number of nitrogens with zero attached hydrogens (tertiary/aromatic N) is 1. The summed E-state index contributed by atoms with van der Waals surface area (Å²) in [5, 5.41) is 8.78. The van der Waals surface area contributed by atoms with Gasteiger partial charge in [0.1, 0.15) is 12.6 Å². The van der Waals surface area contributed by atoms with Crippen molar-refractivity contribution >= 4 is 29.5 Å². The molecule has 0 aromatic heterocycles. The number of ketones is 2. The highest BCUT2D eigenvalue weighted by Crippen LogP contribution is 2.29. The molecule has 214 valence electrons. The van der Waals surface area contributed by atoms with Crippen LogP contribution in [0.3, 0.4) is 0 Å². The first-order valence-corrected chi connectivity index (χ1v) is 13.4. The van der Waals surface area contributed by atoms with E-state index in [0.717, 1.165) is 76.0 Å². The number of allylic oxidation sites excluding steroid dienone is 1. The van der Waals surface area contributed by atoms with Crippen LogP contribution in [-0.4, -0.2) is 72.1 Å². The summed E-state index contributed by atoms with van der Waals surface area (Å²) in [5.74, 6) is -2.81. The van der Waals surface area contributed by atoms with Gasteiger partial charge < -0.3 is 19.3 Å². The number of hydrogen-bond donors (Lipinski definition) is 1. The van der Waals surface area contributed by atoms with Crippen molar-refractivity contribution < 1.29 is 43.3 Å². The number of carbonyl (C=O) groups is 5. The Morgan fingerprint density at radius 2 is 1.59 bits per heavy atom. The summed E-state index contributed by atoms with van der Waals surface area (Å²) in [6.07, 6.45) is 5.80. The quantitative estimate of drug-likeness (QED) is 0.166. The number of rotatable bonds is 18. The van der Waals surface area contributed by atoms with E-state index in [1.54, 1.807) is 30.3 Å². The summed E-state index contributed by atoms with van der Waals surface area (Å²) >= 11 is 0. The smallest absolute Gasteiger partial charge is 0.417 e. The van der Waals surface area contributed by atoms with Gasteiger partial charge in [-0.2, -0.15) is 0 Å². The Morgan fingerprint density at radius 3 is 2.18 bits per heavy atom. The van der Waals surface area contributed by atoms with E-state index in [1.807, 2.05) is 0 Å². The predicted octanol–water partition coefficient (Wildman–Crippen LogP) is 3.85. The zero-order valence-electron chi connectivity index (χ0n) is 22.7. The molecule has 1 aromatic carbocycles. The van der Waals surface area contributed by atoms with E-state index >= 15 is 0 Å². The summed E-state index contributed by atoms with van der Waals surface area (Å²) in [6, 6.07) is 8.02. The van der Waals surface area contributed by atoms with E-state index in [-0.39, 0.29) is 25.4 Å². The number of carbonyl (C=O) groups excluding carboxylic acids is 5. The number of aliphatic hydroxyl groups excluding tert-OH is 1. The van der Waals surface area contributed by atoms with Crippen LogP contribution in [0.2, 0.25) is 0 Å². The first kappa shape index (κ1) is 31.8. The van der Waals surface area contributed by atoms with Gasteiger partial charge in [-0.25, -0.2) is 9.69 Å². The van der Waals surface area contributed by atoms with Crippen molar-refractivity contribution in [3.05, 3.63) is 48.0 Å². The summed E-state index contributed by atoms with van der Waals surface area (Å²) in [5.41, 5.74) is 0.647. The van der Waals surface area contributed by atoms with Crippen molar-refractivity contribution in [1.82, 2.24) is 4.90 Å². The van der Waals surface area contributed by atoms with Gasteiger partial charge in [0.2, 0.25) is 0 Å². The lowest BCUT2D eigenvalue weighted by Gasteiger charge is -2.27. The summed E-state index contributed by atoms with van der Waals surface area (Å²) in [6.45, 7) is 1.23. The first-order valence-electron chi connectivity index (χ1n) is 13.4. The van der Waals surface area contributed by atoms with Gasteiger partial charge in [-0.1, -0.05) is 68.9 Å². The van der Waals surface area contributed by atoms with Crippen molar-refractivity contribution in [2.45, 2.75) is 83.0 Å². The van der Waals surface area contributed by atoms with E-state index < -0.39 is 42.0 Å². The Hall–Kier alpha value is -3.37. The molecule has 3 atom stereocenters. The molecule has 1 aliphatic rings. The third kappa shape index (κ3) is 10.4. The number of cyclic esters (lactones) is 1. The molecule has 1 fully saturated rings.